The van der Waals surface area contributed by atoms with E-state index in [9.17, 15) is 13.6 Å². The molecule has 0 aliphatic heterocycles. The van der Waals surface area contributed by atoms with Gasteiger partial charge in [0.1, 0.15) is 6.61 Å². The van der Waals surface area contributed by atoms with Crippen molar-refractivity contribution in [3.8, 4) is 0 Å². The van der Waals surface area contributed by atoms with Gasteiger partial charge < -0.3 is 15.8 Å². The summed E-state index contributed by atoms with van der Waals surface area (Å²) in [7, 11) is 0. The predicted octanol–water partition coefficient (Wildman–Crippen LogP) is 3.40. The van der Waals surface area contributed by atoms with E-state index in [1.807, 2.05) is 0 Å². The number of hydrogen-bond donors (Lipinski definition) is 2. The minimum absolute atomic E-state index is 0.00399. The van der Waals surface area contributed by atoms with Crippen molar-refractivity contribution in [3.05, 3.63) is 21.1 Å². The first kappa shape index (κ1) is 16.3. The molecule has 0 saturated carbocycles. The number of carbonyl (C=O) groups is 1. The van der Waals surface area contributed by atoms with Crippen LogP contribution in [0.25, 0.3) is 0 Å². The molecule has 0 spiro atoms. The largest absolute Gasteiger partial charge is 0.399 e. The van der Waals surface area contributed by atoms with Gasteiger partial charge in [-0.15, -0.1) is 0 Å². The summed E-state index contributed by atoms with van der Waals surface area (Å²) in [4.78, 5) is 11.6. The van der Waals surface area contributed by atoms with Gasteiger partial charge >= 0.3 is 0 Å². The molecular weight excluding hydrogens is 390 g/mol. The van der Waals surface area contributed by atoms with Gasteiger partial charge in [0.2, 0.25) is 5.91 Å². The van der Waals surface area contributed by atoms with Crippen molar-refractivity contribution in [1.29, 1.82) is 0 Å². The normalized spacial score (nSPS) is 10.8. The number of nitrogens with two attached hydrogens (primary N) is 1. The van der Waals surface area contributed by atoms with Gasteiger partial charge in [-0.25, -0.2) is 8.78 Å². The highest BCUT2D eigenvalue weighted by atomic mass is 79.9. The fourth-order valence-corrected chi connectivity index (χ4v) is 2.67. The lowest BCUT2D eigenvalue weighted by Crippen LogP contribution is -2.16. The first-order valence-corrected chi connectivity index (χ1v) is 6.89. The smallest absolute Gasteiger partial charge is 0.261 e. The summed E-state index contributed by atoms with van der Waals surface area (Å²) < 4.78 is 29.5. The lowest BCUT2D eigenvalue weighted by Gasteiger charge is -2.10. The minimum Gasteiger partial charge on any atom is -0.399 e. The number of amides is 1. The summed E-state index contributed by atoms with van der Waals surface area (Å²) in [6, 6.07) is 3.29. The summed E-state index contributed by atoms with van der Waals surface area (Å²) in [6.07, 6.45) is -2.53. The topological polar surface area (TPSA) is 64.3 Å². The van der Waals surface area contributed by atoms with E-state index in [0.717, 1.165) is 0 Å². The van der Waals surface area contributed by atoms with Crippen LogP contribution in [-0.4, -0.2) is 25.5 Å². The highest BCUT2D eigenvalue weighted by molar-refractivity contribution is 9.11. The molecule has 0 heterocycles. The number of hydrogen-bond acceptors (Lipinski definition) is 3. The molecule has 19 heavy (non-hydrogen) atoms. The molecule has 0 radical (unpaired) electrons. The summed E-state index contributed by atoms with van der Waals surface area (Å²) in [6.45, 7) is -0.719. The summed E-state index contributed by atoms with van der Waals surface area (Å²) >= 11 is 6.54. The molecule has 1 amide bonds. The lowest BCUT2D eigenvalue weighted by molar-refractivity contribution is -0.117. The maximum Gasteiger partial charge on any atom is 0.261 e. The number of halogens is 4. The Hall–Kier alpha value is -0.730. The number of alkyl halides is 2. The van der Waals surface area contributed by atoms with Crippen molar-refractivity contribution in [1.82, 2.24) is 0 Å². The molecule has 1 rings (SSSR count). The van der Waals surface area contributed by atoms with Crippen LogP contribution in [0.2, 0.25) is 0 Å². The number of benzene rings is 1. The van der Waals surface area contributed by atoms with Crippen molar-refractivity contribution in [3.63, 3.8) is 0 Å². The molecule has 0 aliphatic carbocycles. The molecule has 106 valence electrons. The second-order valence-corrected chi connectivity index (χ2v) is 5.33. The van der Waals surface area contributed by atoms with E-state index in [0.29, 0.717) is 20.3 Å². The lowest BCUT2D eigenvalue weighted by atomic mass is 10.3. The molecule has 1 aromatic rings. The Balaban J connectivity index is 2.49. The van der Waals surface area contributed by atoms with Crippen LogP contribution in [0.4, 0.5) is 20.2 Å². The molecule has 0 unspecified atom stereocenters. The molecule has 0 aromatic heterocycles. The molecule has 0 bridgehead atoms. The number of rotatable bonds is 6. The highest BCUT2D eigenvalue weighted by Gasteiger charge is 2.11. The molecular formula is C11H12Br2F2N2O2. The number of nitrogens with one attached hydrogen (secondary N) is 1. The monoisotopic (exact) mass is 400 g/mol. The standard InChI is InChI=1S/C11H12Br2F2N2O2/c12-7-3-6(16)4-8(13)11(7)17-10(18)1-2-19-5-9(14)15/h3-4,9H,1-2,5,16H2,(H,17,18). The van der Waals surface area contributed by atoms with E-state index in [1.165, 1.54) is 0 Å². The Bertz CT molecular complexity index is 435. The maximum atomic E-state index is 11.8. The molecule has 8 heteroatoms. The molecule has 0 saturated heterocycles. The highest BCUT2D eigenvalue weighted by Crippen LogP contribution is 2.33. The zero-order valence-corrected chi connectivity index (χ0v) is 12.9. The Morgan fingerprint density at radius 1 is 1.37 bits per heavy atom. The van der Waals surface area contributed by atoms with Crippen LogP contribution in [0.3, 0.4) is 0 Å². The summed E-state index contributed by atoms with van der Waals surface area (Å²) in [5.74, 6) is -0.333. The van der Waals surface area contributed by atoms with Gasteiger partial charge in [0.05, 0.1) is 18.7 Å². The fourth-order valence-electron chi connectivity index (χ4n) is 1.25. The second kappa shape index (κ2) is 7.76. The van der Waals surface area contributed by atoms with E-state index >= 15 is 0 Å². The molecule has 0 aliphatic rings. The first-order chi connectivity index (χ1) is 8.90. The molecule has 4 nitrogen and oxygen atoms in total. The zero-order chi connectivity index (χ0) is 14.4. The number of nitrogen functional groups attached to an aromatic ring is 1. The first-order valence-electron chi connectivity index (χ1n) is 5.30. The number of anilines is 2. The SMILES string of the molecule is Nc1cc(Br)c(NC(=O)CCOCC(F)F)c(Br)c1. The molecule has 1 aromatic carbocycles. The average Bonchev–Trinajstić information content (AvgIpc) is 2.29. The quantitative estimate of drug-likeness (QED) is 0.567. The number of ether oxygens (including phenoxy) is 1. The van der Waals surface area contributed by atoms with Crippen LogP contribution in [0.1, 0.15) is 6.42 Å². The van der Waals surface area contributed by atoms with E-state index in [-0.39, 0.29) is 18.9 Å². The Labute approximate surface area is 125 Å². The van der Waals surface area contributed by atoms with Crippen LogP contribution in [0, 0.1) is 0 Å². The van der Waals surface area contributed by atoms with Crippen molar-refractivity contribution in [2.75, 3.05) is 24.3 Å². The van der Waals surface area contributed by atoms with Crippen LogP contribution in [0.15, 0.2) is 21.1 Å². The van der Waals surface area contributed by atoms with Crippen LogP contribution < -0.4 is 11.1 Å². The van der Waals surface area contributed by atoms with E-state index in [4.69, 9.17) is 5.73 Å². The summed E-state index contributed by atoms with van der Waals surface area (Å²) in [5.41, 5.74) is 6.70. The Morgan fingerprint density at radius 2 is 1.95 bits per heavy atom. The maximum absolute atomic E-state index is 11.8. The van der Waals surface area contributed by atoms with Gasteiger partial charge in [-0.1, -0.05) is 0 Å². The van der Waals surface area contributed by atoms with Crippen molar-refractivity contribution < 1.29 is 18.3 Å². The van der Waals surface area contributed by atoms with Crippen LogP contribution in [-0.2, 0) is 9.53 Å². The predicted molar refractivity (Wildman–Crippen MR) is 76.3 cm³/mol. The Kier molecular flexibility index (Phi) is 6.67. The third kappa shape index (κ3) is 5.84. The van der Waals surface area contributed by atoms with Gasteiger partial charge in [0.25, 0.3) is 6.43 Å². The fraction of sp³-hybridized carbons (Fsp3) is 0.364. The van der Waals surface area contributed by atoms with Gasteiger partial charge in [0, 0.05) is 14.6 Å². The van der Waals surface area contributed by atoms with E-state index in [2.05, 4.69) is 41.9 Å². The molecule has 3 N–H and O–H groups in total. The van der Waals surface area contributed by atoms with Crippen molar-refractivity contribution in [2.45, 2.75) is 12.8 Å². The second-order valence-electron chi connectivity index (χ2n) is 3.62. The average molecular weight is 402 g/mol. The zero-order valence-electron chi connectivity index (χ0n) is 9.76. The third-order valence-corrected chi connectivity index (χ3v) is 3.30. The van der Waals surface area contributed by atoms with Gasteiger partial charge in [-0.05, 0) is 44.0 Å². The van der Waals surface area contributed by atoms with E-state index in [1.54, 1.807) is 12.1 Å². The van der Waals surface area contributed by atoms with Crippen LogP contribution >= 0.6 is 31.9 Å². The summed E-state index contributed by atoms with van der Waals surface area (Å²) in [5, 5.41) is 2.64. The molecule has 0 atom stereocenters. The van der Waals surface area contributed by atoms with Gasteiger partial charge in [-0.3, -0.25) is 4.79 Å². The van der Waals surface area contributed by atoms with Gasteiger partial charge in [0.15, 0.2) is 0 Å². The minimum atomic E-state index is -2.52. The van der Waals surface area contributed by atoms with E-state index < -0.39 is 13.0 Å². The van der Waals surface area contributed by atoms with Crippen molar-refractivity contribution in [2.24, 2.45) is 0 Å². The Morgan fingerprint density at radius 3 is 2.47 bits per heavy atom. The van der Waals surface area contributed by atoms with Crippen LogP contribution in [0.5, 0.6) is 0 Å². The third-order valence-electron chi connectivity index (χ3n) is 2.05. The number of carbonyl (C=O) groups excluding carboxylic acids is 1. The van der Waals surface area contributed by atoms with Gasteiger partial charge in [-0.2, -0.15) is 0 Å². The van der Waals surface area contributed by atoms with Crippen molar-refractivity contribution >= 4 is 49.1 Å². The molecule has 0 fully saturated rings.